The van der Waals surface area contributed by atoms with E-state index in [9.17, 15) is 4.79 Å². The fourth-order valence-electron chi connectivity index (χ4n) is 5.11. The van der Waals surface area contributed by atoms with Crippen LogP contribution in [0.2, 0.25) is 0 Å². The third kappa shape index (κ3) is 7.19. The molecule has 0 aromatic heterocycles. The SMILES string of the molecule is C=C(C)[C@@H]1CCC(C)=CC1c1c(OC)cc(CCCCC)cc1OC(=O)CCN1CCOCC1. The summed E-state index contributed by atoms with van der Waals surface area (Å²) in [5.74, 6) is 1.67. The van der Waals surface area contributed by atoms with Crippen molar-refractivity contribution in [1.29, 1.82) is 0 Å². The number of ether oxygens (including phenoxy) is 3. The molecule has 0 saturated carbocycles. The van der Waals surface area contributed by atoms with Crippen molar-refractivity contribution < 1.29 is 19.0 Å². The van der Waals surface area contributed by atoms with E-state index in [-0.39, 0.29) is 11.9 Å². The van der Waals surface area contributed by atoms with Crippen LogP contribution < -0.4 is 9.47 Å². The van der Waals surface area contributed by atoms with Gasteiger partial charge in [0.15, 0.2) is 0 Å². The predicted molar refractivity (Wildman–Crippen MR) is 138 cm³/mol. The first-order valence-electron chi connectivity index (χ1n) is 13.0. The van der Waals surface area contributed by atoms with Crippen LogP contribution in [0.15, 0.2) is 35.9 Å². The second kappa shape index (κ2) is 13.1. The molecule has 1 aliphatic heterocycles. The Morgan fingerprint density at radius 3 is 2.62 bits per heavy atom. The molecular formula is C29H43NO4. The van der Waals surface area contributed by atoms with Crippen LogP contribution in [0.25, 0.3) is 0 Å². The Morgan fingerprint density at radius 2 is 1.94 bits per heavy atom. The molecule has 5 nitrogen and oxygen atoms in total. The van der Waals surface area contributed by atoms with E-state index in [1.807, 2.05) is 0 Å². The number of carbonyl (C=O) groups excluding carboxylic acids is 1. The van der Waals surface area contributed by atoms with Crippen LogP contribution in [0, 0.1) is 5.92 Å². The standard InChI is InChI=1S/C29H43NO4/c1-6-7-8-9-23-19-26(32-5)29(25-18-22(4)10-11-24(25)21(2)3)27(20-23)34-28(31)12-13-30-14-16-33-17-15-30/h18-20,24-25H,2,6-17H2,1,3-5H3/t24-,25?/m0/s1. The molecular weight excluding hydrogens is 426 g/mol. The summed E-state index contributed by atoms with van der Waals surface area (Å²) in [5.41, 5.74) is 4.66. The number of rotatable bonds is 11. The van der Waals surface area contributed by atoms with Crippen molar-refractivity contribution in [2.75, 3.05) is 40.0 Å². The molecule has 0 spiro atoms. The first kappa shape index (κ1) is 26.5. The molecule has 0 radical (unpaired) electrons. The van der Waals surface area contributed by atoms with Crippen LogP contribution in [0.4, 0.5) is 0 Å². The lowest BCUT2D eigenvalue weighted by Gasteiger charge is -2.32. The van der Waals surface area contributed by atoms with Gasteiger partial charge in [0.25, 0.3) is 0 Å². The summed E-state index contributed by atoms with van der Waals surface area (Å²) in [5, 5.41) is 0. The number of unbranched alkanes of at least 4 members (excludes halogenated alkanes) is 2. The van der Waals surface area contributed by atoms with Gasteiger partial charge in [-0.05, 0) is 63.1 Å². The van der Waals surface area contributed by atoms with E-state index in [1.165, 1.54) is 18.4 Å². The summed E-state index contributed by atoms with van der Waals surface area (Å²) >= 11 is 0. The predicted octanol–water partition coefficient (Wildman–Crippen LogP) is 6.07. The van der Waals surface area contributed by atoms with E-state index in [1.54, 1.807) is 7.11 Å². The highest BCUT2D eigenvalue weighted by molar-refractivity contribution is 5.74. The monoisotopic (exact) mass is 469 g/mol. The molecule has 0 amide bonds. The van der Waals surface area contributed by atoms with Crippen molar-refractivity contribution in [2.45, 2.75) is 71.6 Å². The van der Waals surface area contributed by atoms with E-state index in [0.29, 0.717) is 24.6 Å². The Balaban J connectivity index is 1.91. The first-order valence-corrected chi connectivity index (χ1v) is 13.0. The highest BCUT2D eigenvalue weighted by Gasteiger charge is 2.31. The number of hydrogen-bond acceptors (Lipinski definition) is 5. The van der Waals surface area contributed by atoms with Gasteiger partial charge in [0.2, 0.25) is 0 Å². The number of hydrogen-bond donors (Lipinski definition) is 0. The average Bonchev–Trinajstić information content (AvgIpc) is 2.83. The van der Waals surface area contributed by atoms with Crippen molar-refractivity contribution in [3.05, 3.63) is 47.1 Å². The normalized spacial score (nSPS) is 21.1. The Bertz CT molecular complexity index is 869. The van der Waals surface area contributed by atoms with Crippen LogP contribution in [0.5, 0.6) is 11.5 Å². The molecule has 1 saturated heterocycles. The van der Waals surface area contributed by atoms with Crippen molar-refractivity contribution >= 4 is 5.97 Å². The zero-order chi connectivity index (χ0) is 24.5. The van der Waals surface area contributed by atoms with Crippen LogP contribution in [-0.2, 0) is 16.0 Å². The van der Waals surface area contributed by atoms with Gasteiger partial charge in [-0.15, -0.1) is 0 Å². The zero-order valence-corrected chi connectivity index (χ0v) is 21.7. The Kier molecular flexibility index (Phi) is 10.2. The molecule has 5 heteroatoms. The van der Waals surface area contributed by atoms with Gasteiger partial charge in [-0.1, -0.05) is 43.6 Å². The van der Waals surface area contributed by atoms with E-state index in [0.717, 1.165) is 74.4 Å². The smallest absolute Gasteiger partial charge is 0.312 e. The van der Waals surface area contributed by atoms with Gasteiger partial charge >= 0.3 is 5.97 Å². The first-order chi connectivity index (χ1) is 16.4. The number of benzene rings is 1. The molecule has 2 atom stereocenters. The van der Waals surface area contributed by atoms with Crippen LogP contribution in [-0.4, -0.2) is 50.8 Å². The second-order valence-corrected chi connectivity index (χ2v) is 9.88. The van der Waals surface area contributed by atoms with Gasteiger partial charge in [-0.25, -0.2) is 0 Å². The Morgan fingerprint density at radius 1 is 1.21 bits per heavy atom. The molecule has 3 rings (SSSR count). The molecule has 0 N–H and O–H groups in total. The summed E-state index contributed by atoms with van der Waals surface area (Å²) in [6.45, 7) is 14.7. The van der Waals surface area contributed by atoms with Crippen molar-refractivity contribution in [2.24, 2.45) is 5.92 Å². The minimum Gasteiger partial charge on any atom is -0.496 e. The molecule has 2 aliphatic rings. The molecule has 0 bridgehead atoms. The summed E-state index contributed by atoms with van der Waals surface area (Å²) in [6, 6.07) is 4.22. The average molecular weight is 470 g/mol. The van der Waals surface area contributed by atoms with Gasteiger partial charge in [-0.3, -0.25) is 9.69 Å². The molecule has 1 fully saturated rings. The Hall–Kier alpha value is -2.11. The fraction of sp³-hybridized carbons (Fsp3) is 0.621. The van der Waals surface area contributed by atoms with Gasteiger partial charge in [-0.2, -0.15) is 0 Å². The maximum absolute atomic E-state index is 13.0. The quantitative estimate of drug-likeness (QED) is 0.170. The van der Waals surface area contributed by atoms with Crippen LogP contribution in [0.1, 0.15) is 76.3 Å². The van der Waals surface area contributed by atoms with E-state index in [2.05, 4.69) is 50.5 Å². The molecule has 1 aromatic rings. The van der Waals surface area contributed by atoms with Crippen LogP contribution in [0.3, 0.4) is 0 Å². The van der Waals surface area contributed by atoms with Crippen molar-refractivity contribution in [3.8, 4) is 11.5 Å². The summed E-state index contributed by atoms with van der Waals surface area (Å²) in [6.07, 6.45) is 9.22. The number of allylic oxidation sites excluding steroid dienone is 3. The van der Waals surface area contributed by atoms with Gasteiger partial charge in [0.05, 0.1) is 26.7 Å². The minimum absolute atomic E-state index is 0.0907. The second-order valence-electron chi connectivity index (χ2n) is 9.88. The lowest BCUT2D eigenvalue weighted by Crippen LogP contribution is -2.37. The molecule has 188 valence electrons. The zero-order valence-electron chi connectivity index (χ0n) is 21.7. The third-order valence-corrected chi connectivity index (χ3v) is 7.13. The van der Waals surface area contributed by atoms with E-state index >= 15 is 0 Å². The lowest BCUT2D eigenvalue weighted by molar-refractivity contribution is -0.135. The maximum Gasteiger partial charge on any atom is 0.312 e. The summed E-state index contributed by atoms with van der Waals surface area (Å²) in [4.78, 5) is 15.2. The number of aryl methyl sites for hydroxylation is 1. The number of methoxy groups -OCH3 is 1. The third-order valence-electron chi connectivity index (χ3n) is 7.13. The highest BCUT2D eigenvalue weighted by atomic mass is 16.5. The highest BCUT2D eigenvalue weighted by Crippen LogP contribution is 2.47. The molecule has 1 aliphatic carbocycles. The topological polar surface area (TPSA) is 48.0 Å². The van der Waals surface area contributed by atoms with Gasteiger partial charge in [0, 0.05) is 31.1 Å². The number of nitrogens with zero attached hydrogens (tertiary/aromatic N) is 1. The molecule has 1 heterocycles. The molecule has 1 unspecified atom stereocenters. The number of esters is 1. The summed E-state index contributed by atoms with van der Waals surface area (Å²) in [7, 11) is 1.72. The molecule has 1 aromatic carbocycles. The minimum atomic E-state index is -0.191. The van der Waals surface area contributed by atoms with Gasteiger partial charge < -0.3 is 14.2 Å². The number of carbonyl (C=O) groups is 1. The van der Waals surface area contributed by atoms with Crippen molar-refractivity contribution in [3.63, 3.8) is 0 Å². The molecule has 34 heavy (non-hydrogen) atoms. The fourth-order valence-corrected chi connectivity index (χ4v) is 5.11. The summed E-state index contributed by atoms with van der Waals surface area (Å²) < 4.78 is 17.4. The largest absolute Gasteiger partial charge is 0.496 e. The van der Waals surface area contributed by atoms with E-state index in [4.69, 9.17) is 14.2 Å². The Labute approximate surface area is 206 Å². The van der Waals surface area contributed by atoms with E-state index < -0.39 is 0 Å². The van der Waals surface area contributed by atoms with Crippen LogP contribution >= 0.6 is 0 Å². The maximum atomic E-state index is 13.0. The van der Waals surface area contributed by atoms with Crippen molar-refractivity contribution in [1.82, 2.24) is 4.90 Å². The van der Waals surface area contributed by atoms with Gasteiger partial charge in [0.1, 0.15) is 11.5 Å². The lowest BCUT2D eigenvalue weighted by atomic mass is 9.73. The number of morpholine rings is 1.